The summed E-state index contributed by atoms with van der Waals surface area (Å²) in [7, 11) is 0. The fourth-order valence-electron chi connectivity index (χ4n) is 2.44. The molecule has 0 unspecified atom stereocenters. The molecule has 18 heavy (non-hydrogen) atoms. The Morgan fingerprint density at radius 3 is 2.39 bits per heavy atom. The summed E-state index contributed by atoms with van der Waals surface area (Å²) in [5, 5.41) is 4.17. The molecular weight excluding hydrogens is 240 g/mol. The van der Waals surface area contributed by atoms with Gasteiger partial charge in [-0.1, -0.05) is 17.7 Å². The van der Waals surface area contributed by atoms with Crippen molar-refractivity contribution in [3.8, 4) is 0 Å². The second-order valence-electron chi connectivity index (χ2n) is 4.83. The number of carbonyl (C=O) groups is 1. The van der Waals surface area contributed by atoms with E-state index in [0.717, 1.165) is 23.1 Å². The van der Waals surface area contributed by atoms with Crippen molar-refractivity contribution in [1.82, 2.24) is 0 Å². The first kappa shape index (κ1) is 13.0. The molecule has 1 aromatic heterocycles. The Hall–Kier alpha value is -1.41. The molecule has 0 radical (unpaired) electrons. The van der Waals surface area contributed by atoms with E-state index in [1.165, 1.54) is 11.1 Å². The van der Waals surface area contributed by atoms with Crippen molar-refractivity contribution >= 4 is 17.1 Å². The van der Waals surface area contributed by atoms with Crippen LogP contribution in [0, 0.1) is 20.8 Å². The van der Waals surface area contributed by atoms with E-state index in [2.05, 4.69) is 35.9 Å². The number of Topliss-reactive ketones (excluding diaryl/α,β-unsaturated/α-hetero) is 1. The monoisotopic (exact) mass is 258 g/mol. The summed E-state index contributed by atoms with van der Waals surface area (Å²) in [6.45, 7) is 6.12. The maximum atomic E-state index is 12.3. The van der Waals surface area contributed by atoms with Crippen molar-refractivity contribution in [3.05, 3.63) is 56.8 Å². The number of hydrogen-bond donors (Lipinski definition) is 0. The molecule has 1 nitrogen and oxygen atoms in total. The van der Waals surface area contributed by atoms with Crippen LogP contribution >= 0.6 is 11.3 Å². The second-order valence-corrected chi connectivity index (χ2v) is 5.61. The zero-order valence-electron chi connectivity index (χ0n) is 11.1. The van der Waals surface area contributed by atoms with E-state index >= 15 is 0 Å². The van der Waals surface area contributed by atoms with Crippen molar-refractivity contribution in [3.63, 3.8) is 0 Å². The SMILES string of the molecule is Cc1cc(C)c(C(=O)CCc2ccsc2)c(C)c1. The third-order valence-corrected chi connectivity index (χ3v) is 3.91. The maximum absolute atomic E-state index is 12.3. The van der Waals surface area contributed by atoms with Crippen molar-refractivity contribution in [2.24, 2.45) is 0 Å². The summed E-state index contributed by atoms with van der Waals surface area (Å²) in [6, 6.07) is 6.27. The van der Waals surface area contributed by atoms with E-state index in [-0.39, 0.29) is 5.78 Å². The zero-order chi connectivity index (χ0) is 13.1. The largest absolute Gasteiger partial charge is 0.294 e. The summed E-state index contributed by atoms with van der Waals surface area (Å²) >= 11 is 1.68. The van der Waals surface area contributed by atoms with Crippen LogP contribution in [-0.4, -0.2) is 5.78 Å². The van der Waals surface area contributed by atoms with Gasteiger partial charge in [0, 0.05) is 12.0 Å². The summed E-state index contributed by atoms with van der Waals surface area (Å²) in [6.07, 6.45) is 1.44. The third-order valence-electron chi connectivity index (χ3n) is 3.18. The van der Waals surface area contributed by atoms with Crippen molar-refractivity contribution < 1.29 is 4.79 Å². The molecule has 0 aliphatic rings. The minimum atomic E-state index is 0.260. The first-order valence-electron chi connectivity index (χ1n) is 6.20. The van der Waals surface area contributed by atoms with Gasteiger partial charge in [0.05, 0.1) is 0 Å². The van der Waals surface area contributed by atoms with Gasteiger partial charge in [-0.2, -0.15) is 11.3 Å². The summed E-state index contributed by atoms with van der Waals surface area (Å²) < 4.78 is 0. The number of rotatable bonds is 4. The molecule has 2 aromatic rings. The molecule has 0 saturated heterocycles. The molecular formula is C16H18OS. The van der Waals surface area contributed by atoms with Gasteiger partial charge in [0.2, 0.25) is 0 Å². The highest BCUT2D eigenvalue weighted by atomic mass is 32.1. The predicted molar refractivity (Wildman–Crippen MR) is 77.6 cm³/mol. The molecule has 1 heterocycles. The van der Waals surface area contributed by atoms with Crippen LogP contribution in [0.3, 0.4) is 0 Å². The van der Waals surface area contributed by atoms with Crippen molar-refractivity contribution in [2.45, 2.75) is 33.6 Å². The van der Waals surface area contributed by atoms with Crippen LogP contribution in [0.4, 0.5) is 0 Å². The highest BCUT2D eigenvalue weighted by Gasteiger charge is 2.12. The number of ketones is 1. The van der Waals surface area contributed by atoms with E-state index in [9.17, 15) is 4.79 Å². The number of thiophene rings is 1. The Morgan fingerprint density at radius 2 is 1.83 bits per heavy atom. The van der Waals surface area contributed by atoms with Gasteiger partial charge in [0.15, 0.2) is 5.78 Å². The third kappa shape index (κ3) is 2.88. The zero-order valence-corrected chi connectivity index (χ0v) is 11.9. The lowest BCUT2D eigenvalue weighted by Crippen LogP contribution is -2.06. The Balaban J connectivity index is 2.14. The lowest BCUT2D eigenvalue weighted by atomic mass is 9.94. The maximum Gasteiger partial charge on any atom is 0.163 e. The molecule has 0 saturated carbocycles. The molecule has 2 heteroatoms. The lowest BCUT2D eigenvalue weighted by molar-refractivity contribution is 0.0981. The van der Waals surface area contributed by atoms with E-state index in [1.807, 2.05) is 13.8 Å². The molecule has 0 amide bonds. The fourth-order valence-corrected chi connectivity index (χ4v) is 3.14. The van der Waals surface area contributed by atoms with Crippen LogP contribution in [0.15, 0.2) is 29.0 Å². The highest BCUT2D eigenvalue weighted by Crippen LogP contribution is 2.19. The first-order chi connectivity index (χ1) is 8.58. The lowest BCUT2D eigenvalue weighted by Gasteiger charge is -2.10. The van der Waals surface area contributed by atoms with E-state index < -0.39 is 0 Å². The highest BCUT2D eigenvalue weighted by molar-refractivity contribution is 7.07. The number of carbonyl (C=O) groups excluding carboxylic acids is 1. The predicted octanol–water partition coefficient (Wildman–Crippen LogP) is 4.49. The number of hydrogen-bond acceptors (Lipinski definition) is 2. The Morgan fingerprint density at radius 1 is 1.17 bits per heavy atom. The van der Waals surface area contributed by atoms with Gasteiger partial charge in [-0.3, -0.25) is 4.79 Å². The standard InChI is InChI=1S/C16H18OS/c1-11-8-12(2)16(13(3)9-11)15(17)5-4-14-6-7-18-10-14/h6-10H,4-5H2,1-3H3. The average molecular weight is 258 g/mol. The quantitative estimate of drug-likeness (QED) is 0.738. The smallest absolute Gasteiger partial charge is 0.163 e. The van der Waals surface area contributed by atoms with Crippen LogP contribution in [0.5, 0.6) is 0 Å². The second kappa shape index (κ2) is 5.49. The molecule has 0 spiro atoms. The summed E-state index contributed by atoms with van der Waals surface area (Å²) in [4.78, 5) is 12.3. The van der Waals surface area contributed by atoms with E-state index in [0.29, 0.717) is 6.42 Å². The summed E-state index contributed by atoms with van der Waals surface area (Å²) in [5.74, 6) is 0.260. The first-order valence-corrected chi connectivity index (χ1v) is 7.14. The minimum absolute atomic E-state index is 0.260. The van der Waals surface area contributed by atoms with E-state index in [4.69, 9.17) is 0 Å². The molecule has 94 valence electrons. The number of aryl methyl sites for hydroxylation is 4. The van der Waals surface area contributed by atoms with E-state index in [1.54, 1.807) is 11.3 Å². The Kier molecular flexibility index (Phi) is 3.97. The molecule has 2 rings (SSSR count). The van der Waals surface area contributed by atoms with Crippen LogP contribution in [0.1, 0.15) is 39.0 Å². The van der Waals surface area contributed by atoms with Gasteiger partial charge in [-0.15, -0.1) is 0 Å². The fraction of sp³-hybridized carbons (Fsp3) is 0.312. The van der Waals surface area contributed by atoms with Gasteiger partial charge in [-0.05, 0) is 60.7 Å². The topological polar surface area (TPSA) is 17.1 Å². The minimum Gasteiger partial charge on any atom is -0.294 e. The summed E-state index contributed by atoms with van der Waals surface area (Å²) in [5.41, 5.74) is 5.59. The number of benzene rings is 1. The van der Waals surface area contributed by atoms with Gasteiger partial charge in [0.1, 0.15) is 0 Å². The molecule has 0 aliphatic carbocycles. The van der Waals surface area contributed by atoms with Gasteiger partial charge in [-0.25, -0.2) is 0 Å². The molecule has 0 bridgehead atoms. The van der Waals surface area contributed by atoms with Gasteiger partial charge in [0.25, 0.3) is 0 Å². The molecule has 1 aromatic carbocycles. The molecule has 0 N–H and O–H groups in total. The van der Waals surface area contributed by atoms with Crippen LogP contribution in [0.25, 0.3) is 0 Å². The normalized spacial score (nSPS) is 10.6. The van der Waals surface area contributed by atoms with Gasteiger partial charge < -0.3 is 0 Å². The Labute approximate surface area is 112 Å². The molecule has 0 fully saturated rings. The average Bonchev–Trinajstić information content (AvgIpc) is 2.77. The molecule has 0 aliphatic heterocycles. The molecule has 0 atom stereocenters. The Bertz CT molecular complexity index is 529. The van der Waals surface area contributed by atoms with Gasteiger partial charge >= 0.3 is 0 Å². The van der Waals surface area contributed by atoms with Crippen LogP contribution < -0.4 is 0 Å². The van der Waals surface area contributed by atoms with Crippen molar-refractivity contribution in [1.29, 1.82) is 0 Å². The van der Waals surface area contributed by atoms with Crippen molar-refractivity contribution in [2.75, 3.05) is 0 Å². The van der Waals surface area contributed by atoms with Crippen LogP contribution in [0.2, 0.25) is 0 Å². The van der Waals surface area contributed by atoms with Crippen LogP contribution in [-0.2, 0) is 6.42 Å².